The SMILES string of the molecule is Cn1cnnc1C1CCN(c2c(C#N)c(C3CC3)cc(F)c2-c2ccc(F)nc2)CC1. The van der Waals surface area contributed by atoms with Crippen molar-refractivity contribution >= 4 is 5.69 Å². The highest BCUT2D eigenvalue weighted by Gasteiger charge is 2.34. The first-order valence-corrected chi connectivity index (χ1v) is 10.5. The predicted octanol–water partition coefficient (Wildman–Crippen LogP) is 4.29. The van der Waals surface area contributed by atoms with E-state index in [-0.39, 0.29) is 17.7 Å². The Morgan fingerprint density at radius 2 is 1.87 bits per heavy atom. The average molecular weight is 420 g/mol. The van der Waals surface area contributed by atoms with Crippen LogP contribution >= 0.6 is 0 Å². The monoisotopic (exact) mass is 420 g/mol. The van der Waals surface area contributed by atoms with E-state index in [1.54, 1.807) is 6.33 Å². The van der Waals surface area contributed by atoms with Crippen LogP contribution < -0.4 is 4.90 Å². The van der Waals surface area contributed by atoms with Crippen molar-refractivity contribution in [2.24, 2.45) is 7.05 Å². The van der Waals surface area contributed by atoms with E-state index in [4.69, 9.17) is 0 Å². The number of piperidine rings is 1. The Morgan fingerprint density at radius 1 is 1.10 bits per heavy atom. The number of aromatic nitrogens is 4. The fourth-order valence-electron chi connectivity index (χ4n) is 4.63. The van der Waals surface area contributed by atoms with Crippen molar-refractivity contribution in [3.63, 3.8) is 0 Å². The zero-order valence-corrected chi connectivity index (χ0v) is 17.2. The summed E-state index contributed by atoms with van der Waals surface area (Å²) in [5.74, 6) is 0.437. The van der Waals surface area contributed by atoms with Crippen molar-refractivity contribution in [1.29, 1.82) is 5.26 Å². The summed E-state index contributed by atoms with van der Waals surface area (Å²) in [6.07, 6.45) is 6.63. The van der Waals surface area contributed by atoms with Gasteiger partial charge >= 0.3 is 0 Å². The molecule has 0 radical (unpaired) electrons. The van der Waals surface area contributed by atoms with Gasteiger partial charge in [-0.25, -0.2) is 9.37 Å². The van der Waals surface area contributed by atoms with Gasteiger partial charge in [0.25, 0.3) is 0 Å². The molecule has 0 spiro atoms. The minimum atomic E-state index is -0.620. The second-order valence-corrected chi connectivity index (χ2v) is 8.36. The van der Waals surface area contributed by atoms with Crippen molar-refractivity contribution < 1.29 is 8.78 Å². The molecule has 0 N–H and O–H groups in total. The molecule has 0 atom stereocenters. The first-order valence-electron chi connectivity index (χ1n) is 10.5. The number of nitriles is 1. The average Bonchev–Trinajstić information content (AvgIpc) is 3.54. The van der Waals surface area contributed by atoms with Crippen LogP contribution in [-0.4, -0.2) is 32.8 Å². The van der Waals surface area contributed by atoms with Crippen molar-refractivity contribution in [3.05, 3.63) is 59.4 Å². The van der Waals surface area contributed by atoms with Gasteiger partial charge in [-0.1, -0.05) is 0 Å². The van der Waals surface area contributed by atoms with E-state index in [2.05, 4.69) is 26.2 Å². The van der Waals surface area contributed by atoms with Crippen LogP contribution in [0, 0.1) is 23.1 Å². The van der Waals surface area contributed by atoms with Crippen molar-refractivity contribution in [2.75, 3.05) is 18.0 Å². The molecule has 8 heteroatoms. The van der Waals surface area contributed by atoms with E-state index < -0.39 is 5.95 Å². The number of pyridine rings is 1. The van der Waals surface area contributed by atoms with Gasteiger partial charge in [0.1, 0.15) is 24.0 Å². The number of rotatable bonds is 4. The topological polar surface area (TPSA) is 70.6 Å². The van der Waals surface area contributed by atoms with Crippen LogP contribution in [0.25, 0.3) is 11.1 Å². The van der Waals surface area contributed by atoms with E-state index in [1.165, 1.54) is 24.4 Å². The molecule has 2 fully saturated rings. The van der Waals surface area contributed by atoms with Crippen LogP contribution in [0.2, 0.25) is 0 Å². The molecule has 0 bridgehead atoms. The maximum absolute atomic E-state index is 15.4. The molecule has 6 nitrogen and oxygen atoms in total. The van der Waals surface area contributed by atoms with Gasteiger partial charge in [0.2, 0.25) is 5.95 Å². The number of benzene rings is 1. The predicted molar refractivity (Wildman–Crippen MR) is 111 cm³/mol. The van der Waals surface area contributed by atoms with Crippen molar-refractivity contribution in [1.82, 2.24) is 19.7 Å². The van der Waals surface area contributed by atoms with Gasteiger partial charge in [0, 0.05) is 43.4 Å². The standard InChI is InChI=1S/C23H22F2N6/c1-30-13-28-29-23(30)15-6-8-31(9-7-15)22-18(11-26)17(14-2-3-14)10-19(24)21(22)16-4-5-20(25)27-12-16/h4-5,10,12-15H,2-3,6-9H2,1H3. The molecule has 2 aromatic heterocycles. The van der Waals surface area contributed by atoms with Crippen LogP contribution in [0.4, 0.5) is 14.5 Å². The lowest BCUT2D eigenvalue weighted by molar-refractivity contribution is 0.473. The van der Waals surface area contributed by atoms with E-state index >= 15 is 4.39 Å². The third kappa shape index (κ3) is 3.54. The summed E-state index contributed by atoms with van der Waals surface area (Å²) in [5.41, 5.74) is 2.72. The largest absolute Gasteiger partial charge is 0.370 e. The summed E-state index contributed by atoms with van der Waals surface area (Å²) in [5, 5.41) is 18.3. The third-order valence-electron chi connectivity index (χ3n) is 6.35. The molecule has 5 rings (SSSR count). The summed E-state index contributed by atoms with van der Waals surface area (Å²) in [6, 6.07) is 6.59. The highest BCUT2D eigenvalue weighted by Crippen LogP contribution is 2.48. The minimum absolute atomic E-state index is 0.236. The van der Waals surface area contributed by atoms with Gasteiger partial charge in [0.05, 0.1) is 11.3 Å². The lowest BCUT2D eigenvalue weighted by Gasteiger charge is -2.35. The lowest BCUT2D eigenvalue weighted by Crippen LogP contribution is -2.35. The molecule has 1 aromatic carbocycles. The molecule has 0 amide bonds. The van der Waals surface area contributed by atoms with Crippen LogP contribution in [0.15, 0.2) is 30.7 Å². The molecule has 1 aliphatic heterocycles. The Hall–Kier alpha value is -3.34. The van der Waals surface area contributed by atoms with E-state index in [9.17, 15) is 9.65 Å². The Kier molecular flexibility index (Phi) is 4.89. The van der Waals surface area contributed by atoms with Crippen LogP contribution in [-0.2, 0) is 7.05 Å². The number of halogens is 2. The van der Waals surface area contributed by atoms with Gasteiger partial charge in [-0.05, 0) is 55.4 Å². The molecule has 31 heavy (non-hydrogen) atoms. The zero-order chi connectivity index (χ0) is 21.5. The second kappa shape index (κ2) is 7.73. The van der Waals surface area contributed by atoms with Gasteiger partial charge in [-0.3, -0.25) is 0 Å². The summed E-state index contributed by atoms with van der Waals surface area (Å²) in [7, 11) is 1.93. The zero-order valence-electron chi connectivity index (χ0n) is 17.2. The second-order valence-electron chi connectivity index (χ2n) is 8.36. The smallest absolute Gasteiger partial charge is 0.212 e. The Balaban J connectivity index is 1.57. The first-order chi connectivity index (χ1) is 15.1. The lowest BCUT2D eigenvalue weighted by atomic mass is 9.90. The summed E-state index contributed by atoms with van der Waals surface area (Å²) >= 11 is 0. The number of hydrogen-bond acceptors (Lipinski definition) is 5. The first kappa shape index (κ1) is 19.6. The van der Waals surface area contributed by atoms with Gasteiger partial charge in [-0.2, -0.15) is 9.65 Å². The highest BCUT2D eigenvalue weighted by atomic mass is 19.1. The Labute approximate surface area is 179 Å². The molecule has 3 heterocycles. The molecular weight excluding hydrogens is 398 g/mol. The molecule has 3 aromatic rings. The summed E-state index contributed by atoms with van der Waals surface area (Å²) in [6.45, 7) is 1.34. The summed E-state index contributed by atoms with van der Waals surface area (Å²) < 4.78 is 30.8. The van der Waals surface area contributed by atoms with E-state index in [0.717, 1.165) is 37.1 Å². The highest BCUT2D eigenvalue weighted by molar-refractivity contribution is 5.84. The molecule has 1 aliphatic carbocycles. The number of nitrogens with zero attached hydrogens (tertiary/aromatic N) is 6. The van der Waals surface area contributed by atoms with Crippen LogP contribution in [0.3, 0.4) is 0 Å². The number of aryl methyl sites for hydroxylation is 1. The molecule has 1 saturated carbocycles. The normalized spacial score (nSPS) is 17.0. The van der Waals surface area contributed by atoms with Crippen molar-refractivity contribution in [2.45, 2.75) is 37.5 Å². The number of hydrogen-bond donors (Lipinski definition) is 0. The van der Waals surface area contributed by atoms with Gasteiger partial charge in [-0.15, -0.1) is 10.2 Å². The molecule has 1 saturated heterocycles. The molecule has 2 aliphatic rings. The molecular formula is C23H22F2N6. The number of anilines is 1. The maximum Gasteiger partial charge on any atom is 0.212 e. The van der Waals surface area contributed by atoms with E-state index in [1.807, 2.05) is 11.6 Å². The quantitative estimate of drug-likeness (QED) is 0.589. The summed E-state index contributed by atoms with van der Waals surface area (Å²) in [4.78, 5) is 5.81. The van der Waals surface area contributed by atoms with Crippen LogP contribution in [0.1, 0.15) is 54.5 Å². The van der Waals surface area contributed by atoms with Gasteiger partial charge in [0.15, 0.2) is 0 Å². The molecule has 158 valence electrons. The third-order valence-corrected chi connectivity index (χ3v) is 6.35. The van der Waals surface area contributed by atoms with Crippen molar-refractivity contribution in [3.8, 4) is 17.2 Å². The Bertz CT molecular complexity index is 1150. The minimum Gasteiger partial charge on any atom is -0.370 e. The van der Waals surface area contributed by atoms with Crippen LogP contribution in [0.5, 0.6) is 0 Å². The maximum atomic E-state index is 15.4. The fourth-order valence-corrected chi connectivity index (χ4v) is 4.63. The fraction of sp³-hybridized carbons (Fsp3) is 0.391. The van der Waals surface area contributed by atoms with Gasteiger partial charge < -0.3 is 9.47 Å². The Morgan fingerprint density at radius 3 is 2.45 bits per heavy atom. The van der Waals surface area contributed by atoms with E-state index in [0.29, 0.717) is 35.5 Å². The molecule has 0 unspecified atom stereocenters.